The molecule has 128 heavy (non-hydrogen) atoms. The molecule has 6 unspecified atom stereocenters. The molecule has 12 rings (SSSR count). The van der Waals surface area contributed by atoms with Gasteiger partial charge in [0.25, 0.3) is 0 Å². The van der Waals surface area contributed by atoms with Crippen LogP contribution >= 0.6 is 58.0 Å². The van der Waals surface area contributed by atoms with Crippen molar-refractivity contribution in [2.45, 2.75) is 86.4 Å². The number of ether oxygens (including phenoxy) is 2. The third-order valence-corrected chi connectivity index (χ3v) is 22.5. The minimum atomic E-state index is -0.718. The van der Waals surface area contributed by atoms with E-state index in [0.717, 1.165) is 163 Å². The number of hydrogen-bond donors (Lipinski definition) is 3. The molecule has 4 aromatic heterocycles. The number of aldehydes is 2. The van der Waals surface area contributed by atoms with Crippen molar-refractivity contribution in [3.8, 4) is 0 Å². The van der Waals surface area contributed by atoms with Gasteiger partial charge < -0.3 is 103 Å². The number of carboxylic acid groups (broad SMARTS) is 1. The summed E-state index contributed by atoms with van der Waals surface area (Å²) in [4.78, 5) is 95.7. The minimum absolute atomic E-state index is 0. The molecule has 10 heterocycles. The SMILES string of the molecule is CC(C)(C)C(=O)Cl.CC(C)C(OCCN(C)C)c1cc(F)cnc1N1CCN(C(=O)C2CN(C)CC2c2ccc(Cl)cc2)CC1.CC(C)C(OCCN(C)C)c1cc(F)cnc1N1CCNCC1.CN(C)CCCl.CN1CC(C(=O)O)C(c2ccc(Cl)cc2)C1.CN1CCN(c2ncc(F)cc2C=O)CC1.CN1CCNCC1.C[CH-]C.O=Cc1cc(F)cnc1Cl.[Br-].[Mg+2]. The van der Waals surface area contributed by atoms with Gasteiger partial charge in [-0.25, -0.2) is 37.5 Å². The fourth-order valence-corrected chi connectivity index (χ4v) is 14.7. The topological polar surface area (TPSA) is 235 Å². The number of carbonyl (C=O) groups is 5. The van der Waals surface area contributed by atoms with Gasteiger partial charge in [0.05, 0.1) is 73.2 Å². The second kappa shape index (κ2) is 62.8. The van der Waals surface area contributed by atoms with Gasteiger partial charge in [0.15, 0.2) is 12.6 Å². The van der Waals surface area contributed by atoms with Crippen molar-refractivity contribution in [2.24, 2.45) is 29.1 Å². The average molecular weight is 1970 g/mol. The number of likely N-dealkylation sites (tertiary alicyclic amines) is 2. The van der Waals surface area contributed by atoms with Crippen LogP contribution in [0.25, 0.3) is 0 Å². The van der Waals surface area contributed by atoms with Crippen LogP contribution in [0.15, 0.2) is 97.6 Å². The van der Waals surface area contributed by atoms with E-state index >= 15 is 0 Å². The Balaban J connectivity index is 0.000000532. The van der Waals surface area contributed by atoms with Gasteiger partial charge in [-0.15, -0.1) is 11.6 Å². The molecule has 712 valence electrons. The van der Waals surface area contributed by atoms with E-state index < -0.39 is 17.6 Å². The van der Waals surface area contributed by atoms with Gasteiger partial charge in [0.1, 0.15) is 45.9 Å². The van der Waals surface area contributed by atoms with Crippen molar-refractivity contribution in [3.05, 3.63) is 176 Å². The zero-order chi connectivity index (χ0) is 93.9. The molecule has 25 nitrogen and oxygen atoms in total. The number of halogens is 10. The second-order valence-corrected chi connectivity index (χ2v) is 36.4. The summed E-state index contributed by atoms with van der Waals surface area (Å²) in [6, 6.07) is 20.8. The Kier molecular flexibility index (Phi) is 58.1. The van der Waals surface area contributed by atoms with Gasteiger partial charge in [-0.3, -0.25) is 24.0 Å². The molecule has 2 aromatic carbocycles. The summed E-state index contributed by atoms with van der Waals surface area (Å²) in [5, 5.41) is 16.9. The van der Waals surface area contributed by atoms with Gasteiger partial charge >= 0.3 is 29.0 Å². The first-order chi connectivity index (χ1) is 59.7. The van der Waals surface area contributed by atoms with Crippen molar-refractivity contribution in [1.82, 2.24) is 69.8 Å². The number of pyridine rings is 4. The molecule has 6 saturated heterocycles. The van der Waals surface area contributed by atoms with E-state index in [1.165, 1.54) is 31.5 Å². The average Bonchev–Trinajstić information content (AvgIpc) is 1.50. The number of nitrogens with zero attached hydrogens (tertiary/aromatic N) is 15. The maximum absolute atomic E-state index is 14.4. The molecule has 0 aliphatic carbocycles. The van der Waals surface area contributed by atoms with Crippen LogP contribution in [-0.2, 0) is 23.9 Å². The van der Waals surface area contributed by atoms with Crippen molar-refractivity contribution in [2.75, 3.05) is 255 Å². The van der Waals surface area contributed by atoms with Crippen molar-refractivity contribution >= 4 is 128 Å². The van der Waals surface area contributed by atoms with E-state index in [1.54, 1.807) is 32.9 Å². The van der Waals surface area contributed by atoms with Gasteiger partial charge in [0, 0.05) is 195 Å². The van der Waals surface area contributed by atoms with Gasteiger partial charge in [-0.1, -0.05) is 108 Å². The molecule has 36 heteroatoms. The first-order valence-electron chi connectivity index (χ1n) is 42.9. The predicted molar refractivity (Wildman–Crippen MR) is 510 cm³/mol. The number of benzene rings is 2. The Morgan fingerprint density at radius 2 is 0.867 bits per heavy atom. The van der Waals surface area contributed by atoms with E-state index in [2.05, 4.69) is 119 Å². The molecule has 6 aliphatic rings. The van der Waals surface area contributed by atoms with Crippen molar-refractivity contribution in [1.29, 1.82) is 0 Å². The summed E-state index contributed by atoms with van der Waals surface area (Å²) in [7, 11) is 20.3. The van der Waals surface area contributed by atoms with Gasteiger partial charge in [0.2, 0.25) is 11.1 Å². The summed E-state index contributed by atoms with van der Waals surface area (Å²) >= 11 is 27.8. The number of likely N-dealkylation sites (N-methyl/N-ethyl adjacent to an activating group) is 6. The first-order valence-corrected chi connectivity index (χ1v) is 45.0. The number of aliphatic carboxylic acids is 1. The molecule has 0 radical (unpaired) electrons. The number of amides is 1. The minimum Gasteiger partial charge on any atom is -1.00 e. The van der Waals surface area contributed by atoms with Crippen LogP contribution in [0.2, 0.25) is 15.2 Å². The van der Waals surface area contributed by atoms with E-state index in [9.17, 15) is 41.5 Å². The number of hydrogen-bond acceptors (Lipinski definition) is 23. The monoisotopic (exact) mass is 1960 g/mol. The second-order valence-electron chi connectivity index (χ2n) is 34.4. The molecule has 0 bridgehead atoms. The molecular weight excluding hydrogens is 1830 g/mol. The van der Waals surface area contributed by atoms with E-state index in [1.807, 2.05) is 133 Å². The van der Waals surface area contributed by atoms with Crippen LogP contribution in [0.1, 0.15) is 129 Å². The number of nitrogens with one attached hydrogen (secondary N) is 2. The standard InChI is InChI=1S/C29H41ClFN5O2.C17H29FN4O.C12H14ClNO2.C11H14FN3O.C6H3ClFNO.C5H9ClO.C5H12N2.C4H10ClN.C3H7.BrH.Mg/c1-20(2)27(38-15-14-33(3)4)24-16-23(31)17-32-28(24)35-10-12-36(13-11-35)29(37)26-19-34(5)18-25(26)21-6-8-22(30)9-7-21;1-13(2)16(23-10-9-21(3)4)15-11-14(18)12-20-17(15)22-7-5-19-6-8-22;1-14-6-10(11(7-14)12(15)16)8-2-4-9(13)5-3-8;1-14-2-4-15(5-3-14)11-9(8-16)6-10(12)7-13-11;7-6-4(3-10)1-5(8)2-9-6;1-5(2,3)4(6)7;1-7-4-2-6-3-5-7;1-6(2)4-3-5;1-3-2;;/h6-9,16-17,20,25-27H,10-15,18-19H2,1-5H3;11-13,16,19H,5-10H2,1-4H3;2-5,10-11H,6-7H2,1H3,(H,15,16);6-8H,2-5H2,1H3;1-3H;1-3H3;6H,2-5H2,1H3;3-4H2,1-2H3;3H,1-2H3;1H;/q;;;;;;;;-1;;+2/p-1. The number of alkyl halides is 1. The van der Waals surface area contributed by atoms with Crippen LogP contribution in [0, 0.1) is 58.8 Å². The molecule has 0 saturated carbocycles. The number of piperazine rings is 4. The molecule has 6 aliphatic heterocycles. The Labute approximate surface area is 811 Å². The molecule has 6 fully saturated rings. The molecule has 0 spiro atoms. The summed E-state index contributed by atoms with van der Waals surface area (Å²) in [6.45, 7) is 38.9. The number of anilines is 3. The van der Waals surface area contributed by atoms with E-state index in [-0.39, 0.29) is 127 Å². The number of carboxylic acids is 1. The molecule has 3 N–H and O–H groups in total. The first kappa shape index (κ1) is 118. The Hall–Kier alpha value is -5.63. The zero-order valence-corrected chi connectivity index (χ0v) is 85.3. The molecule has 6 atom stereocenters. The molecule has 1 amide bonds. The fourth-order valence-electron chi connectivity index (χ4n) is 14.0. The maximum Gasteiger partial charge on any atom is 2.00 e. The fraction of sp³-hybridized carbons (Fsp3) is 0.587. The summed E-state index contributed by atoms with van der Waals surface area (Å²) in [5.41, 5.74) is 3.87. The number of aromatic nitrogens is 4. The van der Waals surface area contributed by atoms with Crippen molar-refractivity contribution < 1.29 is 73.1 Å². The smallest absolute Gasteiger partial charge is 1.00 e. The number of rotatable bonds is 23. The summed E-state index contributed by atoms with van der Waals surface area (Å²) in [6.07, 6.45) is 7.39. The molecular formula is C92H139BrCl5F4MgN17O8. The van der Waals surface area contributed by atoms with Crippen LogP contribution in [0.5, 0.6) is 0 Å². The molecule has 6 aromatic rings. The van der Waals surface area contributed by atoms with Gasteiger partial charge in [-0.05, 0) is 154 Å². The third kappa shape index (κ3) is 43.1. The summed E-state index contributed by atoms with van der Waals surface area (Å²) in [5.74, 6) is 0.944. The number of carbonyl (C=O) groups excluding carboxylic acids is 4. The van der Waals surface area contributed by atoms with Crippen LogP contribution in [-0.4, -0.2) is 357 Å². The predicted octanol–water partition coefficient (Wildman–Crippen LogP) is 10.6. The Bertz CT molecular complexity index is 4160. The van der Waals surface area contributed by atoms with Crippen LogP contribution < -0.4 is 42.3 Å². The van der Waals surface area contributed by atoms with Crippen molar-refractivity contribution in [3.63, 3.8) is 0 Å². The Morgan fingerprint density at radius 3 is 1.22 bits per heavy atom. The summed E-state index contributed by atoms with van der Waals surface area (Å²) < 4.78 is 65.7. The normalized spacial score (nSPS) is 18.2. The Morgan fingerprint density at radius 1 is 0.523 bits per heavy atom. The third-order valence-electron chi connectivity index (χ3n) is 21.0. The zero-order valence-electron chi connectivity index (χ0n) is 78.5. The van der Waals surface area contributed by atoms with Crippen LogP contribution in [0.4, 0.5) is 35.0 Å². The van der Waals surface area contributed by atoms with E-state index in [0.29, 0.717) is 79.9 Å². The van der Waals surface area contributed by atoms with Gasteiger partial charge in [-0.2, -0.15) is 13.8 Å². The van der Waals surface area contributed by atoms with E-state index in [4.69, 9.17) is 72.6 Å². The maximum atomic E-state index is 14.4. The largest absolute Gasteiger partial charge is 2.00 e. The van der Waals surface area contributed by atoms with Crippen LogP contribution in [0.3, 0.4) is 0 Å². The quantitative estimate of drug-likeness (QED) is 0.0103.